The summed E-state index contributed by atoms with van der Waals surface area (Å²) in [6.45, 7) is 4.62. The average Bonchev–Trinajstić information content (AvgIpc) is 3.73. The van der Waals surface area contributed by atoms with Gasteiger partial charge in [0.15, 0.2) is 0 Å². The fourth-order valence-corrected chi connectivity index (χ4v) is 5.45. The number of epoxide rings is 2. The SMILES string of the molecule is CC1=CC(C(=O)O)C=CC1(OCC1CO1)C1(c2ccc(OCC3CO3)cc2)CCCCC1. The highest BCUT2D eigenvalue weighted by Gasteiger charge is 2.55. The molecule has 1 aromatic rings. The predicted molar refractivity (Wildman–Crippen MR) is 119 cm³/mol. The van der Waals surface area contributed by atoms with Crippen LogP contribution in [0.2, 0.25) is 0 Å². The Morgan fingerprint density at radius 1 is 1.06 bits per heavy atom. The Morgan fingerprint density at radius 2 is 1.72 bits per heavy atom. The number of carbonyl (C=O) groups is 1. The minimum absolute atomic E-state index is 0.131. The molecule has 2 aliphatic heterocycles. The second kappa shape index (κ2) is 8.65. The van der Waals surface area contributed by atoms with Gasteiger partial charge in [-0.25, -0.2) is 0 Å². The minimum Gasteiger partial charge on any atom is -0.491 e. The van der Waals surface area contributed by atoms with E-state index in [1.807, 2.05) is 31.2 Å². The number of benzene rings is 1. The molecule has 0 amide bonds. The molecule has 5 rings (SSSR count). The molecule has 0 radical (unpaired) electrons. The summed E-state index contributed by atoms with van der Waals surface area (Å²) in [6.07, 6.45) is 11.5. The number of hydrogen-bond acceptors (Lipinski definition) is 5. The zero-order valence-corrected chi connectivity index (χ0v) is 18.6. The predicted octanol–water partition coefficient (Wildman–Crippen LogP) is 4.04. The van der Waals surface area contributed by atoms with Crippen molar-refractivity contribution in [2.75, 3.05) is 26.4 Å². The first-order valence-corrected chi connectivity index (χ1v) is 11.7. The fourth-order valence-electron chi connectivity index (χ4n) is 5.45. The van der Waals surface area contributed by atoms with E-state index in [9.17, 15) is 9.90 Å². The summed E-state index contributed by atoms with van der Waals surface area (Å²) in [4.78, 5) is 11.7. The lowest BCUT2D eigenvalue weighted by Crippen LogP contribution is -2.55. The van der Waals surface area contributed by atoms with Gasteiger partial charge < -0.3 is 24.1 Å². The highest BCUT2D eigenvalue weighted by Crippen LogP contribution is 2.54. The third kappa shape index (κ3) is 4.12. The molecule has 3 fully saturated rings. The van der Waals surface area contributed by atoms with Crippen LogP contribution >= 0.6 is 0 Å². The molecular weight excluding hydrogens is 408 g/mol. The van der Waals surface area contributed by atoms with Crippen molar-refractivity contribution in [3.05, 3.63) is 53.6 Å². The van der Waals surface area contributed by atoms with E-state index in [0.717, 1.165) is 50.2 Å². The topological polar surface area (TPSA) is 80.8 Å². The lowest BCUT2D eigenvalue weighted by atomic mass is 9.56. The maximum absolute atomic E-state index is 11.7. The molecule has 172 valence electrons. The minimum atomic E-state index is -0.835. The maximum atomic E-state index is 11.7. The van der Waals surface area contributed by atoms with Crippen LogP contribution in [-0.4, -0.2) is 55.3 Å². The van der Waals surface area contributed by atoms with Crippen LogP contribution in [-0.2, 0) is 24.4 Å². The molecule has 1 aromatic carbocycles. The van der Waals surface area contributed by atoms with E-state index >= 15 is 0 Å². The van der Waals surface area contributed by atoms with Gasteiger partial charge in [-0.1, -0.05) is 49.6 Å². The third-order valence-electron chi connectivity index (χ3n) is 7.40. The number of rotatable bonds is 9. The number of carboxylic acids is 1. The van der Waals surface area contributed by atoms with E-state index in [1.54, 1.807) is 6.08 Å². The van der Waals surface area contributed by atoms with Gasteiger partial charge in [-0.3, -0.25) is 4.79 Å². The van der Waals surface area contributed by atoms with Gasteiger partial charge in [0.1, 0.15) is 30.2 Å². The first-order valence-electron chi connectivity index (χ1n) is 11.7. The molecule has 1 saturated carbocycles. The normalized spacial score (nSPS) is 32.8. The van der Waals surface area contributed by atoms with Crippen LogP contribution in [0.1, 0.15) is 44.6 Å². The molecule has 6 heteroatoms. The molecule has 4 aliphatic rings. The summed E-state index contributed by atoms with van der Waals surface area (Å²) < 4.78 is 23.3. The molecule has 0 spiro atoms. The third-order valence-corrected chi connectivity index (χ3v) is 7.40. The van der Waals surface area contributed by atoms with Gasteiger partial charge in [0, 0.05) is 5.41 Å². The Labute approximate surface area is 189 Å². The van der Waals surface area contributed by atoms with E-state index < -0.39 is 17.5 Å². The zero-order chi connectivity index (χ0) is 22.2. The van der Waals surface area contributed by atoms with Gasteiger partial charge in [-0.2, -0.15) is 0 Å². The first-order chi connectivity index (χ1) is 15.5. The lowest BCUT2D eigenvalue weighted by molar-refractivity contribution is -0.138. The Kier molecular flexibility index (Phi) is 5.86. The van der Waals surface area contributed by atoms with Crippen LogP contribution in [0.3, 0.4) is 0 Å². The van der Waals surface area contributed by atoms with Crippen LogP contribution < -0.4 is 4.74 Å². The number of ether oxygens (including phenoxy) is 4. The van der Waals surface area contributed by atoms with Crippen molar-refractivity contribution in [1.82, 2.24) is 0 Å². The van der Waals surface area contributed by atoms with Crippen LogP contribution in [0.25, 0.3) is 0 Å². The molecule has 0 aromatic heterocycles. The molecule has 4 atom stereocenters. The molecule has 2 aliphatic carbocycles. The van der Waals surface area contributed by atoms with Crippen molar-refractivity contribution in [1.29, 1.82) is 0 Å². The fraction of sp³-hybridized carbons (Fsp3) is 0.577. The van der Waals surface area contributed by atoms with Gasteiger partial charge in [0.25, 0.3) is 0 Å². The Hall–Kier alpha value is -2.15. The van der Waals surface area contributed by atoms with Gasteiger partial charge in [-0.05, 0) is 43.0 Å². The van der Waals surface area contributed by atoms with Crippen molar-refractivity contribution in [2.24, 2.45) is 5.92 Å². The Balaban J connectivity index is 1.51. The number of carboxylic acid groups (broad SMARTS) is 1. The molecule has 4 unspecified atom stereocenters. The second-order valence-electron chi connectivity index (χ2n) is 9.51. The maximum Gasteiger partial charge on any atom is 0.314 e. The summed E-state index contributed by atoms with van der Waals surface area (Å²) in [5, 5.41) is 9.59. The summed E-state index contributed by atoms with van der Waals surface area (Å²) >= 11 is 0. The quantitative estimate of drug-likeness (QED) is 0.461. The molecule has 2 saturated heterocycles. The van der Waals surface area contributed by atoms with Gasteiger partial charge in [0.2, 0.25) is 0 Å². The van der Waals surface area contributed by atoms with Gasteiger partial charge >= 0.3 is 5.97 Å². The molecule has 0 bridgehead atoms. The standard InChI is InChI=1S/C26H32O6/c1-18-13-19(24(27)28)9-12-26(18,32-17-23-16-31-23)25(10-3-2-4-11-25)20-5-7-21(8-6-20)29-14-22-15-30-22/h5-9,12-13,19,22-23H,2-4,10-11,14-17H2,1H3,(H,27,28). The van der Waals surface area contributed by atoms with Crippen molar-refractivity contribution < 1.29 is 28.8 Å². The largest absolute Gasteiger partial charge is 0.491 e. The van der Waals surface area contributed by atoms with Gasteiger partial charge in [0.05, 0.1) is 25.7 Å². The molecule has 2 heterocycles. The zero-order valence-electron chi connectivity index (χ0n) is 18.6. The highest BCUT2D eigenvalue weighted by molar-refractivity contribution is 5.75. The number of aliphatic carboxylic acids is 1. The van der Waals surface area contributed by atoms with Crippen molar-refractivity contribution >= 4 is 5.97 Å². The highest BCUT2D eigenvalue weighted by atomic mass is 16.6. The van der Waals surface area contributed by atoms with E-state index in [0.29, 0.717) is 13.2 Å². The van der Waals surface area contributed by atoms with Crippen molar-refractivity contribution in [2.45, 2.75) is 62.3 Å². The van der Waals surface area contributed by atoms with E-state index in [2.05, 4.69) is 12.1 Å². The van der Waals surface area contributed by atoms with E-state index in [1.165, 1.54) is 12.0 Å². The van der Waals surface area contributed by atoms with E-state index in [-0.39, 0.29) is 17.6 Å². The summed E-state index contributed by atoms with van der Waals surface area (Å²) in [6, 6.07) is 8.41. The van der Waals surface area contributed by atoms with Crippen molar-refractivity contribution in [3.63, 3.8) is 0 Å². The van der Waals surface area contributed by atoms with Crippen LogP contribution in [0, 0.1) is 5.92 Å². The van der Waals surface area contributed by atoms with Crippen LogP contribution in [0.4, 0.5) is 0 Å². The first kappa shape index (κ1) is 21.7. The molecule has 6 nitrogen and oxygen atoms in total. The molecule has 32 heavy (non-hydrogen) atoms. The number of hydrogen-bond donors (Lipinski definition) is 1. The van der Waals surface area contributed by atoms with Crippen LogP contribution in [0.5, 0.6) is 5.75 Å². The summed E-state index contributed by atoms with van der Waals surface area (Å²) in [5.74, 6) is -0.613. The average molecular weight is 441 g/mol. The smallest absolute Gasteiger partial charge is 0.314 e. The Bertz CT molecular complexity index is 889. The van der Waals surface area contributed by atoms with Crippen LogP contribution in [0.15, 0.2) is 48.1 Å². The molecule has 1 N–H and O–H groups in total. The van der Waals surface area contributed by atoms with Gasteiger partial charge in [-0.15, -0.1) is 0 Å². The summed E-state index contributed by atoms with van der Waals surface area (Å²) in [5.41, 5.74) is 1.24. The van der Waals surface area contributed by atoms with Crippen molar-refractivity contribution in [3.8, 4) is 5.75 Å². The second-order valence-corrected chi connectivity index (χ2v) is 9.51. The molecular formula is C26H32O6. The monoisotopic (exact) mass is 440 g/mol. The van der Waals surface area contributed by atoms with E-state index in [4.69, 9.17) is 18.9 Å². The Morgan fingerprint density at radius 3 is 2.31 bits per heavy atom. The summed E-state index contributed by atoms with van der Waals surface area (Å²) in [7, 11) is 0. The lowest BCUT2D eigenvalue weighted by Gasteiger charge is -2.53.